The quantitative estimate of drug-likeness (QED) is 0.112. The maximum atomic E-state index is 14.8. The number of amides is 5. The Balaban J connectivity index is 1.37. The van der Waals surface area contributed by atoms with Crippen LogP contribution in [0.15, 0.2) is 22.2 Å². The number of likely N-dealkylation sites (N-methyl/N-ethyl adjacent to an activating group) is 1. The summed E-state index contributed by atoms with van der Waals surface area (Å²) in [6, 6.07) is -3.81. The Morgan fingerprint density at radius 3 is 2.14 bits per heavy atom. The van der Waals surface area contributed by atoms with Crippen LogP contribution in [0.2, 0.25) is 0 Å². The van der Waals surface area contributed by atoms with E-state index in [4.69, 9.17) is 6.42 Å². The SMILES string of the molecule is C#CCCC(NC(=O)[C@@H]1[C@@H]2[C@H](CN1C(=O)[C@@H](NC(=O)N[C@H](CN(C)c1c(C(C)(C)C)c(=O)c1=O)C1CCCCC1)C1CCCCC1)C2(C)C)C(=O)C(=O)NCC=C. The van der Waals surface area contributed by atoms with E-state index in [1.807, 2.05) is 20.8 Å². The summed E-state index contributed by atoms with van der Waals surface area (Å²) in [5.74, 6) is -0.167. The second-order valence-corrected chi connectivity index (χ2v) is 18.6. The summed E-state index contributed by atoms with van der Waals surface area (Å²) < 4.78 is 0. The fourth-order valence-electron chi connectivity index (χ4n) is 10.0. The molecule has 1 saturated heterocycles. The summed E-state index contributed by atoms with van der Waals surface area (Å²) in [6.45, 7) is 14.2. The number of likely N-dealkylation sites (tertiary alicyclic amines) is 1. The number of Topliss-reactive ketones (excluding diaryl/α,β-unsaturated/α-hetero) is 1. The topological polar surface area (TPSA) is 174 Å². The van der Waals surface area contributed by atoms with E-state index < -0.39 is 58.0 Å². The van der Waals surface area contributed by atoms with Crippen molar-refractivity contribution in [2.45, 2.75) is 141 Å². The zero-order chi connectivity index (χ0) is 41.8. The van der Waals surface area contributed by atoms with Gasteiger partial charge in [0.25, 0.3) is 5.91 Å². The highest BCUT2D eigenvalue weighted by atomic mass is 16.2. The maximum absolute atomic E-state index is 14.8. The molecular weight excluding hydrogens is 725 g/mol. The van der Waals surface area contributed by atoms with Crippen LogP contribution in [0.5, 0.6) is 0 Å². The minimum absolute atomic E-state index is 0.0494. The minimum Gasteiger partial charge on any atom is -0.369 e. The summed E-state index contributed by atoms with van der Waals surface area (Å²) in [5, 5.41) is 11.5. The second-order valence-electron chi connectivity index (χ2n) is 18.6. The number of fused-ring (bicyclic) bond motifs is 1. The molecule has 1 aromatic rings. The van der Waals surface area contributed by atoms with Crippen molar-refractivity contribution in [3.63, 3.8) is 0 Å². The monoisotopic (exact) mass is 788 g/mol. The van der Waals surface area contributed by atoms with Gasteiger partial charge in [-0.3, -0.25) is 28.8 Å². The number of carbonyl (C=O) groups is 5. The van der Waals surface area contributed by atoms with Crippen LogP contribution < -0.4 is 37.0 Å². The molecule has 13 heteroatoms. The van der Waals surface area contributed by atoms with Crippen LogP contribution in [-0.2, 0) is 24.6 Å². The van der Waals surface area contributed by atoms with E-state index >= 15 is 0 Å². The largest absolute Gasteiger partial charge is 0.369 e. The molecule has 57 heavy (non-hydrogen) atoms. The molecule has 1 heterocycles. The molecule has 0 spiro atoms. The van der Waals surface area contributed by atoms with E-state index in [2.05, 4.69) is 47.6 Å². The number of terminal acetylenes is 1. The third-order valence-corrected chi connectivity index (χ3v) is 13.3. The Hall–Kier alpha value is -4.47. The van der Waals surface area contributed by atoms with Crippen molar-refractivity contribution < 1.29 is 24.0 Å². The van der Waals surface area contributed by atoms with Crippen LogP contribution in [0.25, 0.3) is 0 Å². The maximum Gasteiger partial charge on any atom is 0.315 e. The van der Waals surface area contributed by atoms with Crippen molar-refractivity contribution in [3.05, 3.63) is 38.7 Å². The molecule has 0 aromatic heterocycles. The summed E-state index contributed by atoms with van der Waals surface area (Å²) in [5.41, 5.74) is -0.811. The molecule has 4 aliphatic rings. The predicted molar refractivity (Wildman–Crippen MR) is 220 cm³/mol. The van der Waals surface area contributed by atoms with E-state index in [1.54, 1.807) is 16.8 Å². The number of hydrogen-bond donors (Lipinski definition) is 4. The highest BCUT2D eigenvalue weighted by molar-refractivity contribution is 6.38. The van der Waals surface area contributed by atoms with Crippen LogP contribution in [0.3, 0.4) is 0 Å². The Bertz CT molecular complexity index is 1800. The number of carbonyl (C=O) groups excluding carboxylic acids is 5. The van der Waals surface area contributed by atoms with Gasteiger partial charge in [-0.05, 0) is 66.6 Å². The van der Waals surface area contributed by atoms with E-state index in [-0.39, 0.29) is 60.4 Å². The van der Waals surface area contributed by atoms with Gasteiger partial charge < -0.3 is 31.1 Å². The van der Waals surface area contributed by atoms with E-state index in [1.165, 1.54) is 6.08 Å². The van der Waals surface area contributed by atoms with Crippen LogP contribution in [-0.4, -0.2) is 85.3 Å². The van der Waals surface area contributed by atoms with Gasteiger partial charge in [-0.25, -0.2) is 4.79 Å². The van der Waals surface area contributed by atoms with Gasteiger partial charge >= 0.3 is 6.03 Å². The zero-order valence-electron chi connectivity index (χ0n) is 34.8. The van der Waals surface area contributed by atoms with Crippen molar-refractivity contribution in [2.75, 3.05) is 31.6 Å². The van der Waals surface area contributed by atoms with Gasteiger partial charge in [-0.1, -0.05) is 79.2 Å². The molecule has 13 nitrogen and oxygen atoms in total. The fourth-order valence-corrected chi connectivity index (χ4v) is 10.0. The molecule has 6 atom stereocenters. The molecule has 3 saturated carbocycles. The number of piperidine rings is 1. The highest BCUT2D eigenvalue weighted by Crippen LogP contribution is 2.65. The minimum atomic E-state index is -1.17. The molecule has 4 N–H and O–H groups in total. The zero-order valence-corrected chi connectivity index (χ0v) is 34.8. The molecule has 5 rings (SSSR count). The molecule has 0 radical (unpaired) electrons. The Labute approximate surface area is 337 Å². The van der Waals surface area contributed by atoms with E-state index in [9.17, 15) is 33.6 Å². The first kappa shape index (κ1) is 43.6. The van der Waals surface area contributed by atoms with Crippen LogP contribution in [0.1, 0.15) is 117 Å². The number of nitrogens with one attached hydrogen (secondary N) is 4. The Morgan fingerprint density at radius 2 is 1.56 bits per heavy atom. The lowest BCUT2D eigenvalue weighted by Crippen LogP contribution is -2.61. The van der Waals surface area contributed by atoms with Gasteiger partial charge in [0.1, 0.15) is 12.1 Å². The molecule has 0 bridgehead atoms. The first-order valence-electron chi connectivity index (χ1n) is 21.0. The van der Waals surface area contributed by atoms with Crippen LogP contribution in [0.4, 0.5) is 10.5 Å². The van der Waals surface area contributed by atoms with Gasteiger partial charge in [0.05, 0.1) is 17.8 Å². The van der Waals surface area contributed by atoms with E-state index in [0.717, 1.165) is 64.2 Å². The van der Waals surface area contributed by atoms with Crippen molar-refractivity contribution in [1.82, 2.24) is 26.2 Å². The van der Waals surface area contributed by atoms with Gasteiger partial charge in [0, 0.05) is 38.7 Å². The second kappa shape index (κ2) is 18.0. The first-order valence-corrected chi connectivity index (χ1v) is 21.0. The third kappa shape index (κ3) is 9.47. The van der Waals surface area contributed by atoms with Crippen molar-refractivity contribution in [3.8, 4) is 12.3 Å². The third-order valence-electron chi connectivity index (χ3n) is 13.3. The van der Waals surface area contributed by atoms with Gasteiger partial charge in [0.2, 0.25) is 28.5 Å². The average molecular weight is 789 g/mol. The van der Waals surface area contributed by atoms with Gasteiger partial charge in [-0.2, -0.15) is 0 Å². The number of anilines is 1. The Morgan fingerprint density at radius 1 is 0.947 bits per heavy atom. The molecule has 312 valence electrons. The van der Waals surface area contributed by atoms with E-state index in [0.29, 0.717) is 24.3 Å². The average Bonchev–Trinajstić information content (AvgIpc) is 3.47. The summed E-state index contributed by atoms with van der Waals surface area (Å²) in [6.07, 6.45) is 16.5. The van der Waals surface area contributed by atoms with Gasteiger partial charge in [-0.15, -0.1) is 18.9 Å². The molecule has 1 aromatic carbocycles. The van der Waals surface area contributed by atoms with Crippen molar-refractivity contribution >= 4 is 35.2 Å². The molecular formula is C44H64N6O7. The fraction of sp³-hybridized carbons (Fsp3) is 0.705. The lowest BCUT2D eigenvalue weighted by molar-refractivity contribution is -0.144. The molecule has 4 fully saturated rings. The van der Waals surface area contributed by atoms with Crippen LogP contribution >= 0.6 is 0 Å². The summed E-state index contributed by atoms with van der Waals surface area (Å²) >= 11 is 0. The molecule has 1 aliphatic heterocycles. The normalized spacial score (nSPS) is 23.6. The molecule has 5 amide bonds. The lowest BCUT2D eigenvalue weighted by Gasteiger charge is -2.38. The number of hydrogen-bond acceptors (Lipinski definition) is 8. The standard InChI is InChI=1S/C44H64N6O7/c1-9-11-22-29(36(51)40(55)45-23-10-2)46-39(54)35-31-28(44(31,6)7)24-50(35)41(56)33(27-20-16-13-17-21-27)48-42(57)47-30(26-18-14-12-15-19-26)25-49(8)34-32(43(3,4)5)37(52)38(34)53/h1,10,26-31,33,35H,2,11-25H2,3-8H3,(H,45,55)(H,46,54)(H2,47,48,57)/t28-,29?,30+,31-,33-,35-/m0/s1. The molecule has 3 aliphatic carbocycles. The van der Waals surface area contributed by atoms with Crippen molar-refractivity contribution in [2.24, 2.45) is 29.1 Å². The first-order chi connectivity index (χ1) is 26.9. The number of nitrogens with zero attached hydrogens (tertiary/aromatic N) is 2. The predicted octanol–water partition coefficient (Wildman–Crippen LogP) is 3.47. The number of rotatable bonds is 16. The van der Waals surface area contributed by atoms with Crippen molar-refractivity contribution in [1.29, 1.82) is 0 Å². The lowest BCUT2D eigenvalue weighted by atomic mass is 9.81. The smallest absolute Gasteiger partial charge is 0.315 e. The van der Waals surface area contributed by atoms with Gasteiger partial charge in [0.15, 0.2) is 0 Å². The number of urea groups is 1. The Kier molecular flexibility index (Phi) is 13.8. The summed E-state index contributed by atoms with van der Waals surface area (Å²) in [4.78, 5) is 98.0. The van der Waals surface area contributed by atoms with Crippen LogP contribution in [0, 0.1) is 41.4 Å². The molecule has 1 unspecified atom stereocenters. The summed E-state index contributed by atoms with van der Waals surface area (Å²) in [7, 11) is 1.79. The number of ketones is 1. The highest BCUT2D eigenvalue weighted by Gasteiger charge is 2.69.